The quantitative estimate of drug-likeness (QED) is 0.431. The van der Waals surface area contributed by atoms with Crippen LogP contribution in [0.25, 0.3) is 6.08 Å². The van der Waals surface area contributed by atoms with Crippen LogP contribution in [0.15, 0.2) is 65.6 Å². The van der Waals surface area contributed by atoms with Crippen molar-refractivity contribution < 1.29 is 40.7 Å². The standard InChI is InChI=1S/C22H21F3N2O6S/c23-22(24,25)33-18-9-6-17(7-10-18)8-11-21(29)32-16-20(28)26-12-14-27(15-13-26)34(30,31)19-4-2-1-3-5-19/h1-11H,12-16H2/b11-8+. The molecule has 1 aliphatic rings. The predicted octanol–water partition coefficient (Wildman–Crippen LogP) is 2.67. The zero-order valence-electron chi connectivity index (χ0n) is 17.8. The van der Waals surface area contributed by atoms with Gasteiger partial charge in [-0.1, -0.05) is 30.3 Å². The Bertz CT molecular complexity index is 1130. The van der Waals surface area contributed by atoms with E-state index in [1.165, 1.54) is 39.5 Å². The molecule has 1 heterocycles. The minimum Gasteiger partial charge on any atom is -0.452 e. The summed E-state index contributed by atoms with van der Waals surface area (Å²) >= 11 is 0. The van der Waals surface area contributed by atoms with E-state index in [9.17, 15) is 31.2 Å². The van der Waals surface area contributed by atoms with Crippen molar-refractivity contribution in [3.05, 3.63) is 66.2 Å². The molecule has 182 valence electrons. The minimum absolute atomic E-state index is 0.116. The first-order valence-corrected chi connectivity index (χ1v) is 11.5. The Labute approximate surface area is 194 Å². The summed E-state index contributed by atoms with van der Waals surface area (Å²) in [6, 6.07) is 12.8. The molecule has 0 N–H and O–H groups in total. The van der Waals surface area contributed by atoms with Gasteiger partial charge in [-0.15, -0.1) is 13.2 Å². The third-order valence-electron chi connectivity index (χ3n) is 4.84. The summed E-state index contributed by atoms with van der Waals surface area (Å²) in [6.07, 6.45) is -2.44. The molecular formula is C22H21F3N2O6S. The highest BCUT2D eigenvalue weighted by atomic mass is 32.2. The Morgan fingerprint density at radius 1 is 0.941 bits per heavy atom. The highest BCUT2D eigenvalue weighted by Crippen LogP contribution is 2.23. The van der Waals surface area contributed by atoms with Gasteiger partial charge in [0, 0.05) is 32.3 Å². The molecule has 0 atom stereocenters. The molecule has 1 fully saturated rings. The van der Waals surface area contributed by atoms with Crippen molar-refractivity contribution in [1.29, 1.82) is 0 Å². The van der Waals surface area contributed by atoms with E-state index in [4.69, 9.17) is 4.74 Å². The summed E-state index contributed by atoms with van der Waals surface area (Å²) in [4.78, 5) is 25.8. The third kappa shape index (κ3) is 7.06. The molecule has 0 bridgehead atoms. The fraction of sp³-hybridized carbons (Fsp3) is 0.273. The molecule has 0 unspecified atom stereocenters. The van der Waals surface area contributed by atoms with Crippen LogP contribution in [0.4, 0.5) is 13.2 Å². The SMILES string of the molecule is O=C(/C=C/c1ccc(OC(F)(F)F)cc1)OCC(=O)N1CCN(S(=O)(=O)c2ccccc2)CC1. The largest absolute Gasteiger partial charge is 0.573 e. The average Bonchev–Trinajstić information content (AvgIpc) is 2.81. The monoisotopic (exact) mass is 498 g/mol. The molecule has 0 spiro atoms. The van der Waals surface area contributed by atoms with Crippen LogP contribution in [-0.4, -0.2) is 68.6 Å². The van der Waals surface area contributed by atoms with Gasteiger partial charge in [-0.3, -0.25) is 4.79 Å². The van der Waals surface area contributed by atoms with E-state index >= 15 is 0 Å². The van der Waals surface area contributed by atoms with Gasteiger partial charge in [-0.2, -0.15) is 4.31 Å². The number of ether oxygens (including phenoxy) is 2. The maximum Gasteiger partial charge on any atom is 0.573 e. The number of hydrogen-bond acceptors (Lipinski definition) is 6. The second kappa shape index (κ2) is 10.7. The number of piperazine rings is 1. The van der Waals surface area contributed by atoms with E-state index in [0.29, 0.717) is 5.56 Å². The lowest BCUT2D eigenvalue weighted by molar-refractivity contribution is -0.274. The molecule has 34 heavy (non-hydrogen) atoms. The van der Waals surface area contributed by atoms with Gasteiger partial charge < -0.3 is 14.4 Å². The van der Waals surface area contributed by atoms with Crippen molar-refractivity contribution >= 4 is 28.0 Å². The second-order valence-electron chi connectivity index (χ2n) is 7.16. The Kier molecular flexibility index (Phi) is 7.94. The number of sulfonamides is 1. The number of amides is 1. The smallest absolute Gasteiger partial charge is 0.452 e. The number of carbonyl (C=O) groups excluding carboxylic acids is 2. The summed E-state index contributed by atoms with van der Waals surface area (Å²) in [5.74, 6) is -1.67. The van der Waals surface area contributed by atoms with Crippen molar-refractivity contribution in [3.8, 4) is 5.75 Å². The first-order chi connectivity index (χ1) is 16.0. The number of rotatable bonds is 7. The number of benzene rings is 2. The summed E-state index contributed by atoms with van der Waals surface area (Å²) in [7, 11) is -3.65. The van der Waals surface area contributed by atoms with Crippen LogP contribution in [0.3, 0.4) is 0 Å². The van der Waals surface area contributed by atoms with Crippen molar-refractivity contribution in [2.24, 2.45) is 0 Å². The summed E-state index contributed by atoms with van der Waals surface area (Å²) in [5, 5.41) is 0. The molecule has 0 radical (unpaired) electrons. The highest BCUT2D eigenvalue weighted by molar-refractivity contribution is 7.89. The fourth-order valence-electron chi connectivity index (χ4n) is 3.14. The Morgan fingerprint density at radius 2 is 1.56 bits per heavy atom. The first kappa shape index (κ1) is 25.2. The first-order valence-electron chi connectivity index (χ1n) is 10.1. The highest BCUT2D eigenvalue weighted by Gasteiger charge is 2.31. The van der Waals surface area contributed by atoms with Gasteiger partial charge in [0.2, 0.25) is 10.0 Å². The summed E-state index contributed by atoms with van der Waals surface area (Å²) in [6.45, 7) is 0.0258. The second-order valence-corrected chi connectivity index (χ2v) is 9.09. The van der Waals surface area contributed by atoms with E-state index in [1.54, 1.807) is 18.2 Å². The average molecular weight is 498 g/mol. The molecule has 8 nitrogen and oxygen atoms in total. The van der Waals surface area contributed by atoms with Crippen LogP contribution in [0.2, 0.25) is 0 Å². The van der Waals surface area contributed by atoms with Crippen LogP contribution in [0.1, 0.15) is 5.56 Å². The molecule has 0 aromatic heterocycles. The molecule has 1 amide bonds. The van der Waals surface area contributed by atoms with Gasteiger partial charge in [0.25, 0.3) is 5.91 Å². The van der Waals surface area contributed by atoms with E-state index in [0.717, 1.165) is 18.2 Å². The van der Waals surface area contributed by atoms with Crippen molar-refractivity contribution in [1.82, 2.24) is 9.21 Å². The van der Waals surface area contributed by atoms with Gasteiger partial charge in [0.05, 0.1) is 4.90 Å². The lowest BCUT2D eigenvalue weighted by atomic mass is 10.2. The summed E-state index contributed by atoms with van der Waals surface area (Å²) < 4.78 is 71.7. The van der Waals surface area contributed by atoms with Gasteiger partial charge in [-0.25, -0.2) is 13.2 Å². The van der Waals surface area contributed by atoms with Crippen LogP contribution in [0.5, 0.6) is 5.75 Å². The topological polar surface area (TPSA) is 93.2 Å². The molecule has 1 saturated heterocycles. The van der Waals surface area contributed by atoms with E-state index < -0.39 is 40.6 Å². The fourth-order valence-corrected chi connectivity index (χ4v) is 4.58. The van der Waals surface area contributed by atoms with Crippen LogP contribution in [-0.2, 0) is 24.3 Å². The number of carbonyl (C=O) groups is 2. The lowest BCUT2D eigenvalue weighted by Gasteiger charge is -2.33. The van der Waals surface area contributed by atoms with E-state index in [1.807, 2.05) is 0 Å². The molecular weight excluding hydrogens is 477 g/mol. The molecule has 2 aromatic carbocycles. The van der Waals surface area contributed by atoms with Gasteiger partial charge in [-0.05, 0) is 35.9 Å². The van der Waals surface area contributed by atoms with Crippen molar-refractivity contribution in [2.75, 3.05) is 32.8 Å². The Morgan fingerprint density at radius 3 is 2.15 bits per heavy atom. The van der Waals surface area contributed by atoms with Crippen LogP contribution >= 0.6 is 0 Å². The number of nitrogens with zero attached hydrogens (tertiary/aromatic N) is 2. The van der Waals surface area contributed by atoms with Crippen molar-refractivity contribution in [2.45, 2.75) is 11.3 Å². The molecule has 0 aliphatic carbocycles. The molecule has 2 aromatic rings. The Balaban J connectivity index is 1.44. The number of hydrogen-bond donors (Lipinski definition) is 0. The molecule has 1 aliphatic heterocycles. The zero-order valence-corrected chi connectivity index (χ0v) is 18.6. The zero-order chi connectivity index (χ0) is 24.8. The molecule has 12 heteroatoms. The normalized spacial score (nSPS) is 15.3. The molecule has 3 rings (SSSR count). The van der Waals surface area contributed by atoms with E-state index in [2.05, 4.69) is 4.74 Å². The Hall–Kier alpha value is -3.38. The lowest BCUT2D eigenvalue weighted by Crippen LogP contribution is -2.51. The predicted molar refractivity (Wildman–Crippen MR) is 115 cm³/mol. The maximum absolute atomic E-state index is 12.6. The molecule has 0 saturated carbocycles. The van der Waals surface area contributed by atoms with Gasteiger partial charge in [0.15, 0.2) is 6.61 Å². The number of alkyl halides is 3. The maximum atomic E-state index is 12.6. The summed E-state index contributed by atoms with van der Waals surface area (Å²) in [5.41, 5.74) is 0.425. The van der Waals surface area contributed by atoms with Crippen LogP contribution < -0.4 is 4.74 Å². The number of esters is 1. The van der Waals surface area contributed by atoms with Gasteiger partial charge >= 0.3 is 12.3 Å². The van der Waals surface area contributed by atoms with Gasteiger partial charge in [0.1, 0.15) is 5.75 Å². The third-order valence-corrected chi connectivity index (χ3v) is 6.75. The van der Waals surface area contributed by atoms with E-state index in [-0.39, 0.29) is 31.1 Å². The minimum atomic E-state index is -4.80. The van der Waals surface area contributed by atoms with Crippen molar-refractivity contribution in [3.63, 3.8) is 0 Å². The van der Waals surface area contributed by atoms with Crippen LogP contribution in [0, 0.1) is 0 Å². The number of halogens is 3.